The van der Waals surface area contributed by atoms with E-state index >= 15 is 0 Å². The summed E-state index contributed by atoms with van der Waals surface area (Å²) in [5.41, 5.74) is 2.57. The van der Waals surface area contributed by atoms with E-state index in [1.165, 1.54) is 11.1 Å². The minimum Gasteiger partial charge on any atom is -0.493 e. The summed E-state index contributed by atoms with van der Waals surface area (Å²) in [7, 11) is 3.91. The van der Waals surface area contributed by atoms with Crippen LogP contribution in [0.25, 0.3) is 0 Å². The molecular formula is C22H28ClNO10. The van der Waals surface area contributed by atoms with E-state index in [2.05, 4.69) is 22.9 Å². The molecule has 1 saturated heterocycles. The molecule has 1 spiro atoms. The number of Topliss-reactive ketones (excluding diaryl/α,β-unsaturated/α-hetero) is 1. The molecule has 0 amide bonds. The van der Waals surface area contributed by atoms with Gasteiger partial charge in [-0.2, -0.15) is 0 Å². The second-order valence-corrected chi connectivity index (χ2v) is 8.93. The number of ether oxygens (including phenoxy) is 2. The Labute approximate surface area is 201 Å². The van der Waals surface area contributed by atoms with Crippen LogP contribution in [0, 0.1) is 5.92 Å². The monoisotopic (exact) mass is 501 g/mol. The number of methoxy groups -OCH3 is 1. The summed E-state index contributed by atoms with van der Waals surface area (Å²) in [6, 6.07) is 4.73. The number of carboxylic acids is 2. The number of hydrogen-bond acceptors (Lipinski definition) is 9. The van der Waals surface area contributed by atoms with E-state index in [0.717, 1.165) is 37.3 Å². The highest BCUT2D eigenvalue weighted by Gasteiger charge is 2.65. The third-order valence-corrected chi connectivity index (χ3v) is 7.49. The molecule has 2 aliphatic heterocycles. The number of halogens is 1. The fourth-order valence-corrected chi connectivity index (χ4v) is 6.04. The van der Waals surface area contributed by atoms with Crippen LogP contribution < -0.4 is 9.47 Å². The zero-order valence-corrected chi connectivity index (χ0v) is 19.5. The second kappa shape index (κ2) is 9.67. The predicted molar refractivity (Wildman–Crippen MR) is 118 cm³/mol. The highest BCUT2D eigenvalue weighted by atomic mass is 35.5. The van der Waals surface area contributed by atoms with Crippen molar-refractivity contribution in [2.75, 3.05) is 20.7 Å². The van der Waals surface area contributed by atoms with Gasteiger partial charge in [-0.05, 0) is 50.4 Å². The molecule has 6 atom stereocenters. The molecule has 2 aliphatic carbocycles. The number of aliphatic hydroxyl groups excluding tert-OH is 1. The first kappa shape index (κ1) is 26.2. The third-order valence-electron chi connectivity index (χ3n) is 7.49. The standard InChI is InChI=1S/C18H21NO3.C4H6O7.ClH/c1-19-8-7-18-11-4-5-13(20)17(18)22-16-14(21-2)6-3-10(15(16)18)9-12(11)19;5-1(3(6)7)2(11-10)4(8)9;/h3,6,11-12,17H,4-5,7-9H2,1-2H3;1-2,5,10H,(H,6,7)(H,8,9);1H/t11-,12+,17-,18-;1-,2-;/m01./s1. The Morgan fingerprint density at radius 1 is 1.26 bits per heavy atom. The SMILES string of the molecule is COc1ccc2c3c1O[C@H]1C(=O)CC[C@H]4[C@@H](C2)N(C)CC[C@]314.Cl.O=C(O)[C@H](O)[C@@H](OO)C(=O)O. The number of hydrogen-bond donors (Lipinski definition) is 4. The van der Waals surface area contributed by atoms with E-state index in [1.807, 2.05) is 6.07 Å². The lowest BCUT2D eigenvalue weighted by atomic mass is 9.52. The molecule has 1 aromatic rings. The second-order valence-electron chi connectivity index (χ2n) is 8.93. The summed E-state index contributed by atoms with van der Waals surface area (Å²) in [6.07, 6.45) is -0.970. The first-order chi connectivity index (χ1) is 15.7. The molecule has 5 rings (SSSR count). The number of ketones is 1. The van der Waals surface area contributed by atoms with E-state index in [-0.39, 0.29) is 29.7 Å². The molecule has 2 fully saturated rings. The maximum Gasteiger partial charge on any atom is 0.339 e. The van der Waals surface area contributed by atoms with E-state index in [0.29, 0.717) is 18.4 Å². The topological polar surface area (TPSA) is 163 Å². The van der Waals surface area contributed by atoms with Gasteiger partial charge >= 0.3 is 11.9 Å². The number of piperidine rings is 1. The lowest BCUT2D eigenvalue weighted by molar-refractivity contribution is -0.291. The summed E-state index contributed by atoms with van der Waals surface area (Å²) >= 11 is 0. The number of rotatable bonds is 5. The van der Waals surface area contributed by atoms with Crippen molar-refractivity contribution in [2.45, 2.75) is 55.5 Å². The van der Waals surface area contributed by atoms with Crippen LogP contribution >= 0.6 is 12.4 Å². The van der Waals surface area contributed by atoms with Crippen molar-refractivity contribution in [1.29, 1.82) is 0 Å². The Kier molecular flexibility index (Phi) is 7.44. The van der Waals surface area contributed by atoms with Crippen LogP contribution in [0.1, 0.15) is 30.4 Å². The van der Waals surface area contributed by atoms with Gasteiger partial charge in [0.25, 0.3) is 0 Å². The smallest absolute Gasteiger partial charge is 0.339 e. The molecule has 0 radical (unpaired) electrons. The first-order valence-electron chi connectivity index (χ1n) is 10.7. The van der Waals surface area contributed by atoms with Crippen molar-refractivity contribution < 1.29 is 49.3 Å². The van der Waals surface area contributed by atoms with Crippen LogP contribution in [-0.4, -0.2) is 88.3 Å². The molecule has 4 N–H and O–H groups in total. The summed E-state index contributed by atoms with van der Waals surface area (Å²) in [5, 5.41) is 32.4. The van der Waals surface area contributed by atoms with Gasteiger partial charge in [-0.15, -0.1) is 12.4 Å². The fraction of sp³-hybridized carbons (Fsp3) is 0.591. The summed E-state index contributed by atoms with van der Waals surface area (Å²) in [5.74, 6) is -1.09. The fourth-order valence-electron chi connectivity index (χ4n) is 6.04. The van der Waals surface area contributed by atoms with Crippen LogP contribution in [0.5, 0.6) is 11.5 Å². The van der Waals surface area contributed by atoms with Crippen molar-refractivity contribution in [3.05, 3.63) is 23.3 Å². The molecule has 2 heterocycles. The number of benzene rings is 1. The largest absolute Gasteiger partial charge is 0.493 e. The molecule has 11 nitrogen and oxygen atoms in total. The number of carboxylic acid groups (broad SMARTS) is 2. The number of carbonyl (C=O) groups excluding carboxylic acids is 1. The molecule has 12 heteroatoms. The van der Waals surface area contributed by atoms with E-state index < -0.39 is 24.1 Å². The first-order valence-corrected chi connectivity index (χ1v) is 10.7. The van der Waals surface area contributed by atoms with E-state index in [9.17, 15) is 14.4 Å². The molecule has 0 aromatic heterocycles. The van der Waals surface area contributed by atoms with Gasteiger partial charge in [-0.3, -0.25) is 10.1 Å². The van der Waals surface area contributed by atoms with E-state index in [1.54, 1.807) is 7.11 Å². The quantitative estimate of drug-likeness (QED) is 0.332. The van der Waals surface area contributed by atoms with Crippen molar-refractivity contribution in [1.82, 2.24) is 4.90 Å². The average molecular weight is 502 g/mol. The molecule has 4 aliphatic rings. The van der Waals surface area contributed by atoms with Gasteiger partial charge in [0.15, 0.2) is 29.5 Å². The number of carbonyl (C=O) groups is 3. The summed E-state index contributed by atoms with van der Waals surface area (Å²) in [4.78, 5) is 38.2. The van der Waals surface area contributed by atoms with Gasteiger partial charge in [0.1, 0.15) is 0 Å². The highest BCUT2D eigenvalue weighted by Crippen LogP contribution is 2.63. The van der Waals surface area contributed by atoms with Crippen LogP contribution in [0.15, 0.2) is 12.1 Å². The molecule has 0 unspecified atom stereocenters. The average Bonchev–Trinajstić information content (AvgIpc) is 3.13. The molecule has 188 valence electrons. The Balaban J connectivity index is 0.000000234. The Hall–Kier alpha value is -2.44. The number of likely N-dealkylation sites (N-methyl/N-ethyl adjacent to an activating group) is 1. The lowest BCUT2D eigenvalue weighted by Gasteiger charge is -2.57. The van der Waals surface area contributed by atoms with Crippen LogP contribution in [0.3, 0.4) is 0 Å². The van der Waals surface area contributed by atoms with Crippen LogP contribution in [0.4, 0.5) is 0 Å². The number of aliphatic carboxylic acids is 2. The zero-order chi connectivity index (χ0) is 24.1. The van der Waals surface area contributed by atoms with Gasteiger partial charge in [0.2, 0.25) is 6.10 Å². The Morgan fingerprint density at radius 2 is 1.97 bits per heavy atom. The normalized spacial score (nSPS) is 29.9. The van der Waals surface area contributed by atoms with Crippen LogP contribution in [-0.2, 0) is 31.1 Å². The van der Waals surface area contributed by atoms with Crippen molar-refractivity contribution in [3.8, 4) is 11.5 Å². The van der Waals surface area contributed by atoms with Gasteiger partial charge in [-0.25, -0.2) is 14.5 Å². The predicted octanol–water partition coefficient (Wildman–Crippen LogP) is 0.730. The van der Waals surface area contributed by atoms with Crippen molar-refractivity contribution >= 4 is 30.1 Å². The van der Waals surface area contributed by atoms with Gasteiger partial charge in [0.05, 0.1) is 7.11 Å². The minimum atomic E-state index is -2.28. The van der Waals surface area contributed by atoms with Crippen LogP contribution in [0.2, 0.25) is 0 Å². The van der Waals surface area contributed by atoms with Gasteiger partial charge < -0.3 is 29.7 Å². The maximum atomic E-state index is 12.6. The third kappa shape index (κ3) is 3.81. The summed E-state index contributed by atoms with van der Waals surface area (Å²) < 4.78 is 11.8. The number of nitrogens with zero attached hydrogens (tertiary/aromatic N) is 1. The molecular weight excluding hydrogens is 474 g/mol. The molecule has 1 aromatic carbocycles. The summed E-state index contributed by atoms with van der Waals surface area (Å²) in [6.45, 7) is 1.05. The molecule has 1 saturated carbocycles. The van der Waals surface area contributed by atoms with Crippen molar-refractivity contribution in [3.63, 3.8) is 0 Å². The maximum absolute atomic E-state index is 12.6. The minimum absolute atomic E-state index is 0. The Bertz CT molecular complexity index is 987. The number of likely N-dealkylation sites (tertiary alicyclic amines) is 1. The van der Waals surface area contributed by atoms with Gasteiger partial charge in [0, 0.05) is 23.4 Å². The highest BCUT2D eigenvalue weighted by molar-refractivity contribution is 5.89. The van der Waals surface area contributed by atoms with Crippen molar-refractivity contribution in [2.24, 2.45) is 5.92 Å². The van der Waals surface area contributed by atoms with E-state index in [4.69, 9.17) is 30.1 Å². The number of aliphatic hydroxyl groups is 1. The van der Waals surface area contributed by atoms with Gasteiger partial charge in [-0.1, -0.05) is 6.07 Å². The Morgan fingerprint density at radius 3 is 2.53 bits per heavy atom. The zero-order valence-electron chi connectivity index (χ0n) is 18.7. The molecule has 34 heavy (non-hydrogen) atoms. The molecule has 2 bridgehead atoms. The lowest BCUT2D eigenvalue weighted by Crippen LogP contribution is -2.65.